The summed E-state index contributed by atoms with van der Waals surface area (Å²) in [6.45, 7) is 2.06. The van der Waals surface area contributed by atoms with E-state index in [1.807, 2.05) is 0 Å². The molecule has 0 amide bonds. The standard InChI is InChI=1S/C12H17NO4S/c1-9(14)10-3-2-4-12(7-10)18(16,17)13-6-5-11(15)8-13/h2-4,7,9,11,14-15H,5-6,8H2,1H3. The third-order valence-corrected chi connectivity index (χ3v) is 4.97. The zero-order valence-electron chi connectivity index (χ0n) is 10.2. The van der Waals surface area contributed by atoms with Crippen LogP contribution in [0.5, 0.6) is 0 Å². The molecule has 2 rings (SSSR count). The molecular formula is C12H17NO4S. The summed E-state index contributed by atoms with van der Waals surface area (Å²) in [5.74, 6) is 0. The van der Waals surface area contributed by atoms with Gasteiger partial charge >= 0.3 is 0 Å². The average molecular weight is 271 g/mol. The highest BCUT2D eigenvalue weighted by atomic mass is 32.2. The van der Waals surface area contributed by atoms with Crippen molar-refractivity contribution in [1.29, 1.82) is 0 Å². The Balaban J connectivity index is 2.32. The Morgan fingerprint density at radius 2 is 2.17 bits per heavy atom. The molecule has 6 heteroatoms. The molecule has 18 heavy (non-hydrogen) atoms. The minimum absolute atomic E-state index is 0.140. The van der Waals surface area contributed by atoms with Gasteiger partial charge in [-0.2, -0.15) is 4.31 Å². The molecule has 1 aliphatic rings. The molecule has 1 aromatic rings. The van der Waals surface area contributed by atoms with Gasteiger partial charge in [-0.3, -0.25) is 0 Å². The van der Waals surface area contributed by atoms with Gasteiger partial charge in [0.2, 0.25) is 10.0 Å². The molecule has 1 fully saturated rings. The topological polar surface area (TPSA) is 77.8 Å². The van der Waals surface area contributed by atoms with E-state index in [0.717, 1.165) is 0 Å². The molecule has 5 nitrogen and oxygen atoms in total. The summed E-state index contributed by atoms with van der Waals surface area (Å²) in [6, 6.07) is 6.28. The van der Waals surface area contributed by atoms with Gasteiger partial charge in [-0.15, -0.1) is 0 Å². The normalized spacial score (nSPS) is 23.2. The first kappa shape index (κ1) is 13.5. The maximum atomic E-state index is 12.3. The summed E-state index contributed by atoms with van der Waals surface area (Å²) in [7, 11) is -3.57. The fourth-order valence-corrected chi connectivity index (χ4v) is 3.56. The van der Waals surface area contributed by atoms with E-state index < -0.39 is 22.2 Å². The van der Waals surface area contributed by atoms with Crippen LogP contribution < -0.4 is 0 Å². The fraction of sp³-hybridized carbons (Fsp3) is 0.500. The maximum Gasteiger partial charge on any atom is 0.243 e. The first-order valence-electron chi connectivity index (χ1n) is 5.87. The Hall–Kier alpha value is -0.950. The molecular weight excluding hydrogens is 254 g/mol. The molecule has 1 heterocycles. The predicted molar refractivity (Wildman–Crippen MR) is 66.5 cm³/mol. The molecule has 2 atom stereocenters. The van der Waals surface area contributed by atoms with Crippen LogP contribution >= 0.6 is 0 Å². The lowest BCUT2D eigenvalue weighted by atomic mass is 10.1. The van der Waals surface area contributed by atoms with Crippen molar-refractivity contribution in [2.24, 2.45) is 0 Å². The maximum absolute atomic E-state index is 12.3. The molecule has 100 valence electrons. The van der Waals surface area contributed by atoms with E-state index in [2.05, 4.69) is 0 Å². The molecule has 0 aromatic heterocycles. The van der Waals surface area contributed by atoms with E-state index in [1.54, 1.807) is 19.1 Å². The van der Waals surface area contributed by atoms with Crippen molar-refractivity contribution < 1.29 is 18.6 Å². The Labute approximate surface area is 107 Å². The summed E-state index contributed by atoms with van der Waals surface area (Å²) in [4.78, 5) is 0.162. The number of nitrogens with zero attached hydrogens (tertiary/aromatic N) is 1. The molecule has 0 spiro atoms. The van der Waals surface area contributed by atoms with Crippen molar-refractivity contribution in [3.63, 3.8) is 0 Å². The molecule has 2 N–H and O–H groups in total. The van der Waals surface area contributed by atoms with Gasteiger partial charge in [0.05, 0.1) is 17.1 Å². The van der Waals surface area contributed by atoms with Gasteiger partial charge in [-0.25, -0.2) is 8.42 Å². The van der Waals surface area contributed by atoms with Crippen LogP contribution in [0.2, 0.25) is 0 Å². The summed E-state index contributed by atoms with van der Waals surface area (Å²) < 4.78 is 25.9. The molecule has 0 bridgehead atoms. The number of hydrogen-bond donors (Lipinski definition) is 2. The molecule has 1 aliphatic heterocycles. The van der Waals surface area contributed by atoms with Crippen LogP contribution in [0.4, 0.5) is 0 Å². The first-order valence-corrected chi connectivity index (χ1v) is 7.31. The van der Waals surface area contributed by atoms with Gasteiger partial charge in [-0.05, 0) is 31.0 Å². The SMILES string of the molecule is CC(O)c1cccc(S(=O)(=O)N2CCC(O)C2)c1. The van der Waals surface area contributed by atoms with Crippen LogP contribution in [-0.2, 0) is 10.0 Å². The molecule has 2 unspecified atom stereocenters. The van der Waals surface area contributed by atoms with Crippen LogP contribution in [0.25, 0.3) is 0 Å². The number of aliphatic hydroxyl groups excluding tert-OH is 2. The van der Waals surface area contributed by atoms with Crippen molar-refractivity contribution in [2.45, 2.75) is 30.4 Å². The summed E-state index contributed by atoms with van der Waals surface area (Å²) in [5.41, 5.74) is 0.566. The van der Waals surface area contributed by atoms with Crippen LogP contribution in [0.3, 0.4) is 0 Å². The Morgan fingerprint density at radius 3 is 2.72 bits per heavy atom. The van der Waals surface area contributed by atoms with Crippen LogP contribution in [0.15, 0.2) is 29.2 Å². The number of aliphatic hydroxyl groups is 2. The van der Waals surface area contributed by atoms with Crippen LogP contribution in [0, 0.1) is 0 Å². The molecule has 0 aliphatic carbocycles. The van der Waals surface area contributed by atoms with Crippen LogP contribution in [-0.4, -0.2) is 42.1 Å². The zero-order valence-corrected chi connectivity index (χ0v) is 11.0. The van der Waals surface area contributed by atoms with Gasteiger partial charge in [-0.1, -0.05) is 12.1 Å². The number of benzene rings is 1. The molecule has 1 saturated heterocycles. The second-order valence-electron chi connectivity index (χ2n) is 4.55. The van der Waals surface area contributed by atoms with Crippen molar-refractivity contribution in [3.05, 3.63) is 29.8 Å². The van der Waals surface area contributed by atoms with Gasteiger partial charge < -0.3 is 10.2 Å². The summed E-state index contributed by atoms with van der Waals surface area (Å²) >= 11 is 0. The lowest BCUT2D eigenvalue weighted by Crippen LogP contribution is -2.29. The lowest BCUT2D eigenvalue weighted by Gasteiger charge is -2.16. The second kappa shape index (κ2) is 4.97. The van der Waals surface area contributed by atoms with E-state index in [1.165, 1.54) is 16.4 Å². The Kier molecular flexibility index (Phi) is 3.72. The van der Waals surface area contributed by atoms with E-state index in [0.29, 0.717) is 18.5 Å². The van der Waals surface area contributed by atoms with Gasteiger partial charge in [0.25, 0.3) is 0 Å². The number of sulfonamides is 1. The average Bonchev–Trinajstić information content (AvgIpc) is 2.77. The van der Waals surface area contributed by atoms with Gasteiger partial charge in [0.1, 0.15) is 0 Å². The molecule has 1 aromatic carbocycles. The summed E-state index contributed by atoms with van der Waals surface area (Å²) in [5, 5.41) is 18.9. The lowest BCUT2D eigenvalue weighted by molar-refractivity contribution is 0.189. The molecule has 0 saturated carbocycles. The largest absolute Gasteiger partial charge is 0.392 e. The minimum Gasteiger partial charge on any atom is -0.392 e. The Morgan fingerprint density at radius 1 is 1.44 bits per heavy atom. The van der Waals surface area contributed by atoms with Gasteiger partial charge in [0, 0.05) is 13.1 Å². The molecule has 0 radical (unpaired) electrons. The van der Waals surface area contributed by atoms with Crippen molar-refractivity contribution >= 4 is 10.0 Å². The van der Waals surface area contributed by atoms with E-state index in [-0.39, 0.29) is 11.4 Å². The third kappa shape index (κ3) is 2.56. The highest BCUT2D eigenvalue weighted by Gasteiger charge is 2.31. The van der Waals surface area contributed by atoms with Gasteiger partial charge in [0.15, 0.2) is 0 Å². The fourth-order valence-electron chi connectivity index (χ4n) is 2.01. The summed E-state index contributed by atoms with van der Waals surface area (Å²) in [6.07, 6.45) is -0.820. The monoisotopic (exact) mass is 271 g/mol. The number of rotatable bonds is 3. The quantitative estimate of drug-likeness (QED) is 0.839. The van der Waals surface area contributed by atoms with Crippen LogP contribution in [0.1, 0.15) is 25.0 Å². The van der Waals surface area contributed by atoms with Crippen molar-refractivity contribution in [2.75, 3.05) is 13.1 Å². The highest BCUT2D eigenvalue weighted by Crippen LogP contribution is 2.23. The Bertz CT molecular complexity index is 527. The number of β-amino-alcohol motifs (C(OH)–C–C–N with tert-alkyl or cyclic N) is 1. The zero-order chi connectivity index (χ0) is 13.3. The van der Waals surface area contributed by atoms with Crippen molar-refractivity contribution in [3.8, 4) is 0 Å². The highest BCUT2D eigenvalue weighted by molar-refractivity contribution is 7.89. The van der Waals surface area contributed by atoms with E-state index in [4.69, 9.17) is 0 Å². The first-order chi connectivity index (χ1) is 8.41. The smallest absolute Gasteiger partial charge is 0.243 e. The minimum atomic E-state index is -3.57. The number of hydrogen-bond acceptors (Lipinski definition) is 4. The van der Waals surface area contributed by atoms with E-state index in [9.17, 15) is 18.6 Å². The second-order valence-corrected chi connectivity index (χ2v) is 6.49. The third-order valence-electron chi connectivity index (χ3n) is 3.10. The predicted octanol–water partition coefficient (Wildman–Crippen LogP) is 0.495. The van der Waals surface area contributed by atoms with E-state index >= 15 is 0 Å². The van der Waals surface area contributed by atoms with Crippen molar-refractivity contribution in [1.82, 2.24) is 4.31 Å².